The van der Waals surface area contributed by atoms with Crippen LogP contribution < -0.4 is 4.90 Å². The minimum Gasteiger partial charge on any atom is -0.478 e. The molecule has 0 aliphatic rings. The number of benzene rings is 2. The fraction of sp³-hybridized carbons (Fsp3) is 0.0667. The molecule has 6 heteroatoms. The van der Waals surface area contributed by atoms with Gasteiger partial charge in [-0.05, 0) is 42.5 Å². The number of carbonyl (C=O) groups is 2. The Hall–Kier alpha value is -2.21. The van der Waals surface area contributed by atoms with Crippen LogP contribution >= 0.6 is 15.9 Å². The molecular weight excluding hydrogens is 341 g/mol. The maximum Gasteiger partial charge on any atom is 0.335 e. The number of hydrogen-bond acceptors (Lipinski definition) is 2. The fourth-order valence-electron chi connectivity index (χ4n) is 1.82. The lowest BCUT2D eigenvalue weighted by Crippen LogP contribution is -2.26. The smallest absolute Gasteiger partial charge is 0.335 e. The topological polar surface area (TPSA) is 57.6 Å². The van der Waals surface area contributed by atoms with Crippen LogP contribution in [0.25, 0.3) is 0 Å². The molecule has 108 valence electrons. The minimum absolute atomic E-state index is 0.132. The van der Waals surface area contributed by atoms with Gasteiger partial charge in [0, 0.05) is 22.8 Å². The minimum atomic E-state index is -1.04. The van der Waals surface area contributed by atoms with Crippen molar-refractivity contribution in [2.45, 2.75) is 0 Å². The molecule has 0 atom stereocenters. The van der Waals surface area contributed by atoms with E-state index in [0.29, 0.717) is 10.2 Å². The van der Waals surface area contributed by atoms with Gasteiger partial charge in [0.15, 0.2) is 0 Å². The lowest BCUT2D eigenvalue weighted by Gasteiger charge is -2.17. The molecule has 0 aliphatic carbocycles. The van der Waals surface area contributed by atoms with Crippen molar-refractivity contribution < 1.29 is 19.1 Å². The van der Waals surface area contributed by atoms with Crippen molar-refractivity contribution in [2.75, 3.05) is 11.9 Å². The molecule has 21 heavy (non-hydrogen) atoms. The van der Waals surface area contributed by atoms with Gasteiger partial charge in [-0.25, -0.2) is 9.18 Å². The molecule has 0 aromatic heterocycles. The SMILES string of the molecule is CN(C(=O)c1cc(F)cc(Br)c1)c1ccc(C(=O)O)cc1. The third-order valence-electron chi connectivity index (χ3n) is 2.92. The summed E-state index contributed by atoms with van der Waals surface area (Å²) in [5, 5.41) is 8.84. The summed E-state index contributed by atoms with van der Waals surface area (Å²) < 4.78 is 13.8. The normalized spacial score (nSPS) is 10.2. The Bertz CT molecular complexity index is 680. The van der Waals surface area contributed by atoms with Gasteiger partial charge in [0.05, 0.1) is 5.56 Å². The van der Waals surface area contributed by atoms with Gasteiger partial charge in [-0.3, -0.25) is 4.79 Å². The van der Waals surface area contributed by atoms with Crippen LogP contribution in [0.2, 0.25) is 0 Å². The Morgan fingerprint density at radius 3 is 2.24 bits per heavy atom. The number of amides is 1. The first kappa shape index (κ1) is 15.2. The molecule has 2 aromatic rings. The Kier molecular flexibility index (Phi) is 4.37. The summed E-state index contributed by atoms with van der Waals surface area (Å²) in [5.41, 5.74) is 0.852. The molecule has 0 spiro atoms. The maximum absolute atomic E-state index is 13.3. The predicted molar refractivity (Wildman–Crippen MR) is 80.2 cm³/mol. The zero-order valence-corrected chi connectivity index (χ0v) is 12.6. The van der Waals surface area contributed by atoms with Crippen LogP contribution in [0.3, 0.4) is 0 Å². The quantitative estimate of drug-likeness (QED) is 0.919. The first-order valence-electron chi connectivity index (χ1n) is 5.96. The van der Waals surface area contributed by atoms with E-state index in [-0.39, 0.29) is 11.1 Å². The summed E-state index contributed by atoms with van der Waals surface area (Å²) in [7, 11) is 1.54. The molecule has 2 aromatic carbocycles. The molecule has 0 bridgehead atoms. The highest BCUT2D eigenvalue weighted by Gasteiger charge is 2.15. The number of carbonyl (C=O) groups excluding carboxylic acids is 1. The van der Waals surface area contributed by atoms with Crippen molar-refractivity contribution in [3.05, 3.63) is 63.9 Å². The zero-order valence-electron chi connectivity index (χ0n) is 11.0. The third kappa shape index (κ3) is 3.46. The molecule has 0 saturated carbocycles. The van der Waals surface area contributed by atoms with Crippen LogP contribution in [0.4, 0.5) is 10.1 Å². The Morgan fingerprint density at radius 1 is 1.10 bits per heavy atom. The van der Waals surface area contributed by atoms with Crippen molar-refractivity contribution in [1.82, 2.24) is 0 Å². The van der Waals surface area contributed by atoms with Crippen molar-refractivity contribution >= 4 is 33.5 Å². The molecule has 4 nitrogen and oxygen atoms in total. The molecule has 0 saturated heterocycles. The summed E-state index contributed by atoms with van der Waals surface area (Å²) in [6.45, 7) is 0. The van der Waals surface area contributed by atoms with Gasteiger partial charge in [-0.15, -0.1) is 0 Å². The highest BCUT2D eigenvalue weighted by atomic mass is 79.9. The molecule has 0 radical (unpaired) electrons. The number of carboxylic acid groups (broad SMARTS) is 1. The van der Waals surface area contributed by atoms with Crippen LogP contribution in [-0.4, -0.2) is 24.0 Å². The molecule has 1 amide bonds. The summed E-state index contributed by atoms with van der Waals surface area (Å²) in [6.07, 6.45) is 0. The highest BCUT2D eigenvalue weighted by Crippen LogP contribution is 2.20. The first-order chi connectivity index (χ1) is 9.88. The van der Waals surface area contributed by atoms with E-state index in [1.54, 1.807) is 0 Å². The molecule has 0 unspecified atom stereocenters. The number of rotatable bonds is 3. The van der Waals surface area contributed by atoms with Crippen molar-refractivity contribution in [1.29, 1.82) is 0 Å². The number of halogens is 2. The molecule has 2 rings (SSSR count). The van der Waals surface area contributed by atoms with E-state index in [2.05, 4.69) is 15.9 Å². The number of aromatic carboxylic acids is 1. The van der Waals surface area contributed by atoms with Gasteiger partial charge in [0.25, 0.3) is 5.91 Å². The second-order valence-electron chi connectivity index (χ2n) is 4.37. The second kappa shape index (κ2) is 6.05. The Morgan fingerprint density at radius 2 is 1.71 bits per heavy atom. The Labute approximate surface area is 128 Å². The van der Waals surface area contributed by atoms with Crippen LogP contribution in [0.1, 0.15) is 20.7 Å². The fourth-order valence-corrected chi connectivity index (χ4v) is 2.28. The van der Waals surface area contributed by atoms with Gasteiger partial charge in [0.1, 0.15) is 5.82 Å². The summed E-state index contributed by atoms with van der Waals surface area (Å²) >= 11 is 3.14. The summed E-state index contributed by atoms with van der Waals surface area (Å²) in [6, 6.07) is 9.79. The van der Waals surface area contributed by atoms with Gasteiger partial charge in [0.2, 0.25) is 0 Å². The van der Waals surface area contributed by atoms with E-state index in [0.717, 1.165) is 6.07 Å². The second-order valence-corrected chi connectivity index (χ2v) is 5.29. The van der Waals surface area contributed by atoms with Gasteiger partial charge in [-0.1, -0.05) is 15.9 Å². The van der Waals surface area contributed by atoms with Crippen molar-refractivity contribution in [2.24, 2.45) is 0 Å². The van der Waals surface area contributed by atoms with E-state index >= 15 is 0 Å². The van der Waals surface area contributed by atoms with Gasteiger partial charge in [-0.2, -0.15) is 0 Å². The average molecular weight is 352 g/mol. The van der Waals surface area contributed by atoms with E-state index in [1.165, 1.54) is 48.3 Å². The molecule has 0 fully saturated rings. The standard InChI is InChI=1S/C15H11BrFNO3/c1-18(13-4-2-9(3-5-13)15(20)21)14(19)10-6-11(16)8-12(17)7-10/h2-8H,1H3,(H,20,21). The third-order valence-corrected chi connectivity index (χ3v) is 3.37. The first-order valence-corrected chi connectivity index (χ1v) is 6.75. The molecular formula is C15H11BrFNO3. The van der Waals surface area contributed by atoms with Crippen LogP contribution in [0, 0.1) is 5.82 Å². The van der Waals surface area contributed by atoms with Crippen LogP contribution in [0.5, 0.6) is 0 Å². The lowest BCUT2D eigenvalue weighted by molar-refractivity contribution is 0.0696. The largest absolute Gasteiger partial charge is 0.478 e. The maximum atomic E-state index is 13.3. The lowest BCUT2D eigenvalue weighted by atomic mass is 10.1. The number of carboxylic acids is 1. The number of nitrogens with zero attached hydrogens (tertiary/aromatic N) is 1. The van der Waals surface area contributed by atoms with Gasteiger partial charge < -0.3 is 10.0 Å². The number of anilines is 1. The number of hydrogen-bond donors (Lipinski definition) is 1. The predicted octanol–water partition coefficient (Wildman–Crippen LogP) is 3.56. The van der Waals surface area contributed by atoms with E-state index < -0.39 is 17.7 Å². The van der Waals surface area contributed by atoms with Gasteiger partial charge >= 0.3 is 5.97 Å². The van der Waals surface area contributed by atoms with E-state index in [9.17, 15) is 14.0 Å². The van der Waals surface area contributed by atoms with E-state index in [1.807, 2.05) is 0 Å². The summed E-state index contributed by atoms with van der Waals surface area (Å²) in [5.74, 6) is -1.94. The monoisotopic (exact) mass is 351 g/mol. The molecule has 0 aliphatic heterocycles. The average Bonchev–Trinajstić information content (AvgIpc) is 2.44. The molecule has 1 N–H and O–H groups in total. The van der Waals surface area contributed by atoms with Crippen molar-refractivity contribution in [3.8, 4) is 0 Å². The van der Waals surface area contributed by atoms with E-state index in [4.69, 9.17) is 5.11 Å². The van der Waals surface area contributed by atoms with Crippen molar-refractivity contribution in [3.63, 3.8) is 0 Å². The summed E-state index contributed by atoms with van der Waals surface area (Å²) in [4.78, 5) is 24.4. The van der Waals surface area contributed by atoms with Crippen LogP contribution in [-0.2, 0) is 0 Å². The van der Waals surface area contributed by atoms with Crippen LogP contribution in [0.15, 0.2) is 46.9 Å². The highest BCUT2D eigenvalue weighted by molar-refractivity contribution is 9.10. The zero-order chi connectivity index (χ0) is 15.6. The molecule has 0 heterocycles. The Balaban J connectivity index is 2.28.